The molecule has 0 radical (unpaired) electrons. The summed E-state index contributed by atoms with van der Waals surface area (Å²) in [4.78, 5) is 19.5. The van der Waals surface area contributed by atoms with Crippen molar-refractivity contribution >= 4 is 17.6 Å². The number of fused-ring (bicyclic) bond motifs is 1. The number of halogens is 1. The van der Waals surface area contributed by atoms with Gasteiger partial charge in [0, 0.05) is 18.8 Å². The SMILES string of the molecule is O=C(OCc1cc(Cl)c2c(c1)OCCCO2)c1cnccn1. The molecule has 1 aromatic heterocycles. The number of carbonyl (C=O) groups is 1. The molecule has 0 amide bonds. The van der Waals surface area contributed by atoms with E-state index in [0.717, 1.165) is 6.42 Å². The summed E-state index contributed by atoms with van der Waals surface area (Å²) in [7, 11) is 0. The third kappa shape index (κ3) is 3.28. The van der Waals surface area contributed by atoms with Gasteiger partial charge in [-0.2, -0.15) is 0 Å². The van der Waals surface area contributed by atoms with E-state index >= 15 is 0 Å². The second-order valence-electron chi connectivity index (χ2n) is 4.62. The maximum atomic E-state index is 11.8. The van der Waals surface area contributed by atoms with Crippen LogP contribution in [0, 0.1) is 0 Å². The standard InChI is InChI=1S/C15H13ClN2O4/c16-11-6-10(7-13-14(11)21-5-1-4-20-13)9-22-15(19)12-8-17-2-3-18-12/h2-3,6-8H,1,4-5,9H2. The monoisotopic (exact) mass is 320 g/mol. The van der Waals surface area contributed by atoms with E-state index in [0.29, 0.717) is 35.3 Å². The lowest BCUT2D eigenvalue weighted by Crippen LogP contribution is -2.07. The largest absolute Gasteiger partial charge is 0.489 e. The van der Waals surface area contributed by atoms with Crippen LogP contribution in [-0.2, 0) is 11.3 Å². The molecule has 1 aromatic carbocycles. The lowest BCUT2D eigenvalue weighted by Gasteiger charge is -2.11. The number of hydrogen-bond acceptors (Lipinski definition) is 6. The van der Waals surface area contributed by atoms with Gasteiger partial charge < -0.3 is 14.2 Å². The van der Waals surface area contributed by atoms with Gasteiger partial charge in [0.15, 0.2) is 17.2 Å². The van der Waals surface area contributed by atoms with Crippen molar-refractivity contribution in [3.63, 3.8) is 0 Å². The highest BCUT2D eigenvalue weighted by Gasteiger charge is 2.16. The van der Waals surface area contributed by atoms with Crippen LogP contribution in [-0.4, -0.2) is 29.2 Å². The van der Waals surface area contributed by atoms with E-state index in [-0.39, 0.29) is 12.3 Å². The second-order valence-corrected chi connectivity index (χ2v) is 5.03. The van der Waals surface area contributed by atoms with Gasteiger partial charge in [0.1, 0.15) is 6.61 Å². The van der Waals surface area contributed by atoms with Crippen LogP contribution in [0.15, 0.2) is 30.7 Å². The van der Waals surface area contributed by atoms with Crippen LogP contribution in [0.2, 0.25) is 5.02 Å². The van der Waals surface area contributed by atoms with Gasteiger partial charge in [0.05, 0.1) is 24.4 Å². The van der Waals surface area contributed by atoms with Gasteiger partial charge in [0.2, 0.25) is 0 Å². The Balaban J connectivity index is 1.72. The van der Waals surface area contributed by atoms with Gasteiger partial charge in [-0.3, -0.25) is 4.98 Å². The fourth-order valence-corrected chi connectivity index (χ4v) is 2.28. The molecule has 0 saturated heterocycles. The number of carbonyl (C=O) groups excluding carboxylic acids is 1. The second kappa shape index (κ2) is 6.62. The maximum Gasteiger partial charge on any atom is 0.358 e. The van der Waals surface area contributed by atoms with Crippen molar-refractivity contribution in [2.75, 3.05) is 13.2 Å². The molecule has 0 aliphatic carbocycles. The first-order valence-electron chi connectivity index (χ1n) is 6.75. The summed E-state index contributed by atoms with van der Waals surface area (Å²) >= 11 is 6.18. The van der Waals surface area contributed by atoms with Gasteiger partial charge >= 0.3 is 5.97 Å². The third-order valence-corrected chi connectivity index (χ3v) is 3.28. The summed E-state index contributed by atoms with van der Waals surface area (Å²) in [5, 5.41) is 0.435. The Hall–Kier alpha value is -2.34. The van der Waals surface area contributed by atoms with Crippen LogP contribution in [0.3, 0.4) is 0 Å². The Morgan fingerprint density at radius 1 is 1.27 bits per heavy atom. The van der Waals surface area contributed by atoms with Crippen molar-refractivity contribution in [2.24, 2.45) is 0 Å². The average Bonchev–Trinajstić information content (AvgIpc) is 2.79. The molecule has 2 aromatic rings. The van der Waals surface area contributed by atoms with Crippen molar-refractivity contribution in [1.82, 2.24) is 9.97 Å². The van der Waals surface area contributed by atoms with E-state index in [1.54, 1.807) is 12.1 Å². The number of nitrogens with zero attached hydrogens (tertiary/aromatic N) is 2. The van der Waals surface area contributed by atoms with Crippen LogP contribution >= 0.6 is 11.6 Å². The molecule has 1 aliphatic rings. The summed E-state index contributed by atoms with van der Waals surface area (Å²) in [6, 6.07) is 3.45. The quantitative estimate of drug-likeness (QED) is 0.810. The van der Waals surface area contributed by atoms with Gasteiger partial charge in [-0.1, -0.05) is 11.6 Å². The first-order valence-corrected chi connectivity index (χ1v) is 7.13. The molecule has 0 bridgehead atoms. The number of rotatable bonds is 3. The number of aromatic nitrogens is 2. The van der Waals surface area contributed by atoms with Crippen molar-refractivity contribution in [2.45, 2.75) is 13.0 Å². The minimum absolute atomic E-state index is 0.0613. The summed E-state index contributed by atoms with van der Waals surface area (Å²) in [5.41, 5.74) is 0.870. The minimum atomic E-state index is -0.545. The first kappa shape index (κ1) is 14.6. The normalized spacial score (nSPS) is 13.3. The summed E-state index contributed by atoms with van der Waals surface area (Å²) in [6.07, 6.45) is 5.06. The predicted octanol–water partition coefficient (Wildman–Crippen LogP) is 2.65. The molecular weight excluding hydrogens is 308 g/mol. The number of ether oxygens (including phenoxy) is 3. The van der Waals surface area contributed by atoms with Crippen LogP contribution < -0.4 is 9.47 Å². The molecular formula is C15H13ClN2O4. The van der Waals surface area contributed by atoms with E-state index in [4.69, 9.17) is 25.8 Å². The lowest BCUT2D eigenvalue weighted by molar-refractivity contribution is 0.0465. The van der Waals surface area contributed by atoms with Gasteiger partial charge in [-0.05, 0) is 17.7 Å². The molecule has 0 unspecified atom stereocenters. The van der Waals surface area contributed by atoms with Crippen LogP contribution in [0.25, 0.3) is 0 Å². The molecule has 3 rings (SSSR count). The summed E-state index contributed by atoms with van der Waals surface area (Å²) in [5.74, 6) is 0.551. The Morgan fingerprint density at radius 2 is 2.14 bits per heavy atom. The number of benzene rings is 1. The Morgan fingerprint density at radius 3 is 2.95 bits per heavy atom. The van der Waals surface area contributed by atoms with Crippen molar-refractivity contribution < 1.29 is 19.0 Å². The molecule has 7 heteroatoms. The Labute approximate surface area is 132 Å². The molecule has 1 aliphatic heterocycles. The smallest absolute Gasteiger partial charge is 0.358 e. The molecule has 22 heavy (non-hydrogen) atoms. The van der Waals surface area contributed by atoms with Gasteiger partial charge in [0.25, 0.3) is 0 Å². The Bertz CT molecular complexity index is 679. The number of hydrogen-bond donors (Lipinski definition) is 0. The highest BCUT2D eigenvalue weighted by molar-refractivity contribution is 6.32. The fourth-order valence-electron chi connectivity index (χ4n) is 1.99. The van der Waals surface area contributed by atoms with Crippen molar-refractivity contribution in [3.05, 3.63) is 47.0 Å². The zero-order chi connectivity index (χ0) is 15.4. The third-order valence-electron chi connectivity index (χ3n) is 3.00. The van der Waals surface area contributed by atoms with Crippen LogP contribution in [0.5, 0.6) is 11.5 Å². The zero-order valence-electron chi connectivity index (χ0n) is 11.6. The molecule has 6 nitrogen and oxygen atoms in total. The van der Waals surface area contributed by atoms with E-state index in [9.17, 15) is 4.79 Å². The molecule has 0 N–H and O–H groups in total. The molecule has 2 heterocycles. The van der Waals surface area contributed by atoms with Gasteiger partial charge in [-0.15, -0.1) is 0 Å². The van der Waals surface area contributed by atoms with E-state index in [1.807, 2.05) is 0 Å². The van der Waals surface area contributed by atoms with Crippen LogP contribution in [0.4, 0.5) is 0 Å². The van der Waals surface area contributed by atoms with Crippen LogP contribution in [0.1, 0.15) is 22.5 Å². The predicted molar refractivity (Wildman–Crippen MR) is 78.2 cm³/mol. The first-order chi connectivity index (χ1) is 10.7. The molecule has 0 atom stereocenters. The Kier molecular flexibility index (Phi) is 4.39. The number of esters is 1. The highest BCUT2D eigenvalue weighted by atomic mass is 35.5. The maximum absolute atomic E-state index is 11.8. The minimum Gasteiger partial charge on any atom is -0.489 e. The van der Waals surface area contributed by atoms with E-state index in [1.165, 1.54) is 18.6 Å². The van der Waals surface area contributed by atoms with E-state index < -0.39 is 5.97 Å². The molecule has 0 fully saturated rings. The molecule has 0 saturated carbocycles. The molecule has 0 spiro atoms. The fraction of sp³-hybridized carbons (Fsp3) is 0.267. The zero-order valence-corrected chi connectivity index (χ0v) is 12.4. The summed E-state index contributed by atoms with van der Waals surface area (Å²) in [6.45, 7) is 1.19. The topological polar surface area (TPSA) is 70.5 Å². The average molecular weight is 321 g/mol. The highest BCUT2D eigenvalue weighted by Crippen LogP contribution is 2.38. The van der Waals surface area contributed by atoms with Crippen molar-refractivity contribution in [3.8, 4) is 11.5 Å². The van der Waals surface area contributed by atoms with Crippen molar-refractivity contribution in [1.29, 1.82) is 0 Å². The molecule has 114 valence electrons. The van der Waals surface area contributed by atoms with E-state index in [2.05, 4.69) is 9.97 Å². The summed E-state index contributed by atoms with van der Waals surface area (Å²) < 4.78 is 16.3. The van der Waals surface area contributed by atoms with Gasteiger partial charge in [-0.25, -0.2) is 9.78 Å². The lowest BCUT2D eigenvalue weighted by atomic mass is 10.2.